The lowest BCUT2D eigenvalue weighted by Gasteiger charge is -2.12. The van der Waals surface area contributed by atoms with Gasteiger partial charge < -0.3 is 9.84 Å². The molecule has 0 radical (unpaired) electrons. The maximum absolute atomic E-state index is 12.3. The summed E-state index contributed by atoms with van der Waals surface area (Å²) in [6.07, 6.45) is 0.129. The Hall–Kier alpha value is -2.09. The SMILES string of the molecule is O=C(O)Cc1ccc2c(c1)CC(CNS(=O)(=O)c1ccc(Cl)cc1)O2. The fourth-order valence-electron chi connectivity index (χ4n) is 2.67. The minimum atomic E-state index is -3.64. The summed E-state index contributed by atoms with van der Waals surface area (Å²) in [5.74, 6) is -0.240. The summed E-state index contributed by atoms with van der Waals surface area (Å²) in [7, 11) is -3.64. The Bertz CT molecular complexity index is 896. The predicted molar refractivity (Wildman–Crippen MR) is 92.5 cm³/mol. The van der Waals surface area contributed by atoms with E-state index in [4.69, 9.17) is 21.4 Å². The molecule has 0 bridgehead atoms. The van der Waals surface area contributed by atoms with Gasteiger partial charge in [-0.15, -0.1) is 0 Å². The highest BCUT2D eigenvalue weighted by molar-refractivity contribution is 7.89. The first kappa shape index (κ1) is 17.7. The molecule has 1 aliphatic heterocycles. The van der Waals surface area contributed by atoms with Crippen molar-refractivity contribution in [3.63, 3.8) is 0 Å². The fourth-order valence-corrected chi connectivity index (χ4v) is 3.86. The van der Waals surface area contributed by atoms with Gasteiger partial charge in [-0.25, -0.2) is 13.1 Å². The van der Waals surface area contributed by atoms with Crippen LogP contribution >= 0.6 is 11.6 Å². The first-order valence-corrected chi connectivity index (χ1v) is 9.45. The Kier molecular flexibility index (Phi) is 4.99. The maximum atomic E-state index is 12.3. The van der Waals surface area contributed by atoms with Gasteiger partial charge >= 0.3 is 5.97 Å². The van der Waals surface area contributed by atoms with Crippen LogP contribution in [0.25, 0.3) is 0 Å². The second-order valence-corrected chi connectivity index (χ2v) is 7.97. The summed E-state index contributed by atoms with van der Waals surface area (Å²) in [5.41, 5.74) is 1.58. The average Bonchev–Trinajstić information content (AvgIpc) is 2.95. The average molecular weight is 382 g/mol. The van der Waals surface area contributed by atoms with Crippen LogP contribution in [0.3, 0.4) is 0 Å². The standard InChI is InChI=1S/C17H16ClNO5S/c18-13-2-4-15(5-3-13)25(22,23)19-10-14-9-12-7-11(8-17(20)21)1-6-16(12)24-14/h1-7,14,19H,8-10H2,(H,20,21). The van der Waals surface area contributed by atoms with Crippen molar-refractivity contribution in [3.05, 3.63) is 58.6 Å². The lowest BCUT2D eigenvalue weighted by molar-refractivity contribution is -0.136. The third-order valence-electron chi connectivity index (χ3n) is 3.85. The van der Waals surface area contributed by atoms with E-state index in [2.05, 4.69) is 4.72 Å². The molecule has 1 heterocycles. The van der Waals surface area contributed by atoms with Gasteiger partial charge in [-0.1, -0.05) is 23.7 Å². The topological polar surface area (TPSA) is 92.7 Å². The Labute approximate surface area is 150 Å². The zero-order valence-electron chi connectivity index (χ0n) is 13.1. The number of rotatable bonds is 6. The first-order chi connectivity index (χ1) is 11.8. The Morgan fingerprint density at radius 3 is 2.64 bits per heavy atom. The van der Waals surface area contributed by atoms with Crippen molar-refractivity contribution < 1.29 is 23.1 Å². The summed E-state index contributed by atoms with van der Waals surface area (Å²) in [5, 5.41) is 9.31. The maximum Gasteiger partial charge on any atom is 0.307 e. The van der Waals surface area contributed by atoms with Crippen molar-refractivity contribution >= 4 is 27.6 Å². The molecule has 0 amide bonds. The molecule has 0 fully saturated rings. The third-order valence-corrected chi connectivity index (χ3v) is 5.54. The molecule has 2 aromatic carbocycles. The van der Waals surface area contributed by atoms with Crippen molar-refractivity contribution in [3.8, 4) is 5.75 Å². The second-order valence-electron chi connectivity index (χ2n) is 5.76. The van der Waals surface area contributed by atoms with Crippen molar-refractivity contribution in [2.24, 2.45) is 0 Å². The Morgan fingerprint density at radius 1 is 1.24 bits per heavy atom. The van der Waals surface area contributed by atoms with Crippen molar-refractivity contribution in [1.82, 2.24) is 4.72 Å². The van der Waals surface area contributed by atoms with E-state index in [1.807, 2.05) is 0 Å². The molecule has 1 aliphatic rings. The van der Waals surface area contributed by atoms with Gasteiger partial charge in [0.2, 0.25) is 10.0 Å². The van der Waals surface area contributed by atoms with E-state index in [1.54, 1.807) is 18.2 Å². The van der Waals surface area contributed by atoms with Gasteiger partial charge in [-0.05, 0) is 41.5 Å². The lowest BCUT2D eigenvalue weighted by Crippen LogP contribution is -2.34. The molecule has 0 aromatic heterocycles. The number of hydrogen-bond donors (Lipinski definition) is 2. The van der Waals surface area contributed by atoms with Crippen LogP contribution in [0.15, 0.2) is 47.4 Å². The molecule has 0 spiro atoms. The highest BCUT2D eigenvalue weighted by Gasteiger charge is 2.25. The molecular formula is C17H16ClNO5S. The van der Waals surface area contributed by atoms with Gasteiger partial charge in [-0.3, -0.25) is 4.79 Å². The largest absolute Gasteiger partial charge is 0.488 e. The van der Waals surface area contributed by atoms with E-state index in [0.29, 0.717) is 22.8 Å². The van der Waals surface area contributed by atoms with Crippen LogP contribution in [0.2, 0.25) is 5.02 Å². The Balaban J connectivity index is 1.63. The van der Waals surface area contributed by atoms with E-state index in [1.165, 1.54) is 24.3 Å². The third kappa shape index (κ3) is 4.31. The Morgan fingerprint density at radius 2 is 1.96 bits per heavy atom. The number of carboxylic acids is 1. The van der Waals surface area contributed by atoms with Crippen LogP contribution in [0, 0.1) is 0 Å². The molecule has 1 unspecified atom stereocenters. The van der Waals surface area contributed by atoms with E-state index in [-0.39, 0.29) is 24.0 Å². The molecule has 8 heteroatoms. The number of sulfonamides is 1. The van der Waals surface area contributed by atoms with Crippen molar-refractivity contribution in [1.29, 1.82) is 0 Å². The van der Waals surface area contributed by atoms with Crippen molar-refractivity contribution in [2.75, 3.05) is 6.54 Å². The molecule has 0 saturated heterocycles. The van der Waals surface area contributed by atoms with Crippen LogP contribution in [0.5, 0.6) is 5.75 Å². The number of benzene rings is 2. The monoisotopic (exact) mass is 381 g/mol. The molecule has 6 nitrogen and oxygen atoms in total. The molecule has 0 saturated carbocycles. The van der Waals surface area contributed by atoms with Gasteiger partial charge in [0.05, 0.1) is 11.3 Å². The minimum absolute atomic E-state index is 0.0544. The highest BCUT2D eigenvalue weighted by Crippen LogP contribution is 2.29. The molecule has 3 rings (SSSR count). The van der Waals surface area contributed by atoms with Crippen molar-refractivity contribution in [2.45, 2.75) is 23.8 Å². The number of hydrogen-bond acceptors (Lipinski definition) is 4. The molecule has 0 aliphatic carbocycles. The highest BCUT2D eigenvalue weighted by atomic mass is 35.5. The smallest absolute Gasteiger partial charge is 0.307 e. The summed E-state index contributed by atoms with van der Waals surface area (Å²) >= 11 is 5.77. The van der Waals surface area contributed by atoms with Crippen LogP contribution in [0.1, 0.15) is 11.1 Å². The van der Waals surface area contributed by atoms with Crippen LogP contribution in [-0.4, -0.2) is 32.1 Å². The number of carboxylic acid groups (broad SMARTS) is 1. The van der Waals surface area contributed by atoms with Crippen LogP contribution in [0.4, 0.5) is 0 Å². The van der Waals surface area contributed by atoms with Gasteiger partial charge in [0.15, 0.2) is 0 Å². The fraction of sp³-hybridized carbons (Fsp3) is 0.235. The van der Waals surface area contributed by atoms with E-state index < -0.39 is 16.0 Å². The summed E-state index contributed by atoms with van der Waals surface area (Å²) in [6.45, 7) is 0.119. The summed E-state index contributed by atoms with van der Waals surface area (Å²) in [6, 6.07) is 11.1. The van der Waals surface area contributed by atoms with E-state index >= 15 is 0 Å². The van der Waals surface area contributed by atoms with Gasteiger partial charge in [-0.2, -0.15) is 0 Å². The van der Waals surface area contributed by atoms with Gasteiger partial charge in [0.1, 0.15) is 11.9 Å². The quantitative estimate of drug-likeness (QED) is 0.800. The number of aliphatic carboxylic acids is 1. The molecule has 132 valence electrons. The number of ether oxygens (including phenoxy) is 1. The molecule has 25 heavy (non-hydrogen) atoms. The van der Waals surface area contributed by atoms with E-state index in [9.17, 15) is 13.2 Å². The first-order valence-electron chi connectivity index (χ1n) is 7.59. The lowest BCUT2D eigenvalue weighted by atomic mass is 10.0. The van der Waals surface area contributed by atoms with Crippen LogP contribution in [-0.2, 0) is 27.7 Å². The zero-order chi connectivity index (χ0) is 18.0. The molecule has 1 atom stereocenters. The van der Waals surface area contributed by atoms with Gasteiger partial charge in [0, 0.05) is 18.0 Å². The molecule has 2 N–H and O–H groups in total. The predicted octanol–water partition coefficient (Wildman–Crippen LogP) is 2.25. The molecular weight excluding hydrogens is 366 g/mol. The van der Waals surface area contributed by atoms with Gasteiger partial charge in [0.25, 0.3) is 0 Å². The number of halogens is 1. The normalized spacial score (nSPS) is 16.3. The number of fused-ring (bicyclic) bond motifs is 1. The van der Waals surface area contributed by atoms with E-state index in [0.717, 1.165) is 5.56 Å². The number of nitrogens with one attached hydrogen (secondary N) is 1. The minimum Gasteiger partial charge on any atom is -0.488 e. The number of carbonyl (C=O) groups is 1. The summed E-state index contributed by atoms with van der Waals surface area (Å²) < 4.78 is 32.8. The molecule has 2 aromatic rings. The van der Waals surface area contributed by atoms with Crippen LogP contribution < -0.4 is 9.46 Å². The summed E-state index contributed by atoms with van der Waals surface area (Å²) in [4.78, 5) is 10.9. The second kappa shape index (κ2) is 7.03. The zero-order valence-corrected chi connectivity index (χ0v) is 14.7.